The molecule has 2 atom stereocenters. The summed E-state index contributed by atoms with van der Waals surface area (Å²) in [5.74, 6) is -0.316. The van der Waals surface area contributed by atoms with Gasteiger partial charge in [-0.05, 0) is 49.6 Å². The smallest absolute Gasteiger partial charge is 0.241 e. The molecule has 2 aliphatic rings. The van der Waals surface area contributed by atoms with Gasteiger partial charge < -0.3 is 15.4 Å². The molecule has 0 radical (unpaired) electrons. The third-order valence-electron chi connectivity index (χ3n) is 4.53. The van der Waals surface area contributed by atoms with Crippen molar-refractivity contribution in [1.29, 1.82) is 0 Å². The van der Waals surface area contributed by atoms with Crippen LogP contribution in [-0.4, -0.2) is 39.5 Å². The van der Waals surface area contributed by atoms with Gasteiger partial charge in [0.15, 0.2) is 0 Å². The first-order valence-corrected chi connectivity index (χ1v) is 9.66. The maximum atomic E-state index is 12.3. The lowest BCUT2D eigenvalue weighted by molar-refractivity contribution is -0.121. The Morgan fingerprint density at radius 3 is 2.92 bits per heavy atom. The minimum Gasteiger partial charge on any atom is -0.372 e. The van der Waals surface area contributed by atoms with Gasteiger partial charge >= 0.3 is 0 Å². The van der Waals surface area contributed by atoms with E-state index in [1.807, 2.05) is 6.92 Å². The van der Waals surface area contributed by atoms with Crippen molar-refractivity contribution in [2.75, 3.05) is 13.1 Å². The van der Waals surface area contributed by atoms with Crippen LogP contribution in [0.15, 0.2) is 23.1 Å². The summed E-state index contributed by atoms with van der Waals surface area (Å²) in [6.07, 6.45) is 1.90. The second kappa shape index (κ2) is 7.18. The number of ether oxygens (including phenoxy) is 1. The van der Waals surface area contributed by atoms with Gasteiger partial charge in [-0.2, -0.15) is 0 Å². The van der Waals surface area contributed by atoms with Crippen LogP contribution in [0.3, 0.4) is 0 Å². The molecule has 2 unspecified atom stereocenters. The third kappa shape index (κ3) is 3.94. The van der Waals surface area contributed by atoms with Crippen molar-refractivity contribution in [2.45, 2.75) is 50.0 Å². The number of carbonyl (C=O) groups is 1. The summed E-state index contributed by atoms with van der Waals surface area (Å²) in [5, 5.41) is 6.18. The van der Waals surface area contributed by atoms with Crippen LogP contribution in [0.5, 0.6) is 0 Å². The average Bonchev–Trinajstić information content (AvgIpc) is 3.03. The molecule has 2 heterocycles. The highest BCUT2D eigenvalue weighted by Crippen LogP contribution is 2.22. The highest BCUT2D eigenvalue weighted by molar-refractivity contribution is 7.89. The Kier molecular flexibility index (Phi) is 5.19. The number of piperidine rings is 1. The lowest BCUT2D eigenvalue weighted by Gasteiger charge is -2.30. The molecule has 7 nitrogen and oxygen atoms in total. The van der Waals surface area contributed by atoms with E-state index in [-0.39, 0.29) is 29.4 Å². The first-order chi connectivity index (χ1) is 11.5. The fourth-order valence-corrected chi connectivity index (χ4v) is 4.09. The van der Waals surface area contributed by atoms with E-state index >= 15 is 0 Å². The van der Waals surface area contributed by atoms with Gasteiger partial charge in [0.1, 0.15) is 0 Å². The molecular formula is C16H23N3O4S. The zero-order chi connectivity index (χ0) is 17.2. The molecule has 0 saturated carbocycles. The van der Waals surface area contributed by atoms with Crippen LogP contribution < -0.4 is 15.4 Å². The van der Waals surface area contributed by atoms with Crippen molar-refractivity contribution in [3.05, 3.63) is 29.3 Å². The number of amides is 1. The molecule has 24 heavy (non-hydrogen) atoms. The summed E-state index contributed by atoms with van der Waals surface area (Å²) in [4.78, 5) is 12.2. The van der Waals surface area contributed by atoms with Crippen LogP contribution in [0.1, 0.15) is 30.9 Å². The quantitative estimate of drug-likeness (QED) is 0.705. The fraction of sp³-hybridized carbons (Fsp3) is 0.562. The molecule has 8 heteroatoms. The van der Waals surface area contributed by atoms with Crippen molar-refractivity contribution in [1.82, 2.24) is 15.4 Å². The van der Waals surface area contributed by atoms with Gasteiger partial charge in [0, 0.05) is 12.1 Å². The molecule has 1 aromatic rings. The van der Waals surface area contributed by atoms with E-state index in [2.05, 4.69) is 15.4 Å². The van der Waals surface area contributed by atoms with Crippen LogP contribution in [-0.2, 0) is 32.8 Å². The standard InChI is InChI=1S/C16H23N3O4S/c1-11-15(3-2-6-17-11)19-16(20)8-18-24(21,22)14-5-4-12-9-23-10-13(12)7-14/h4-5,7,11,15,17-18H,2-3,6,8-10H2,1H3,(H,19,20). The van der Waals surface area contributed by atoms with Gasteiger partial charge in [-0.15, -0.1) is 0 Å². The van der Waals surface area contributed by atoms with E-state index in [0.29, 0.717) is 13.2 Å². The van der Waals surface area contributed by atoms with Crippen molar-refractivity contribution in [3.8, 4) is 0 Å². The summed E-state index contributed by atoms with van der Waals surface area (Å²) < 4.78 is 32.4. The van der Waals surface area contributed by atoms with E-state index in [9.17, 15) is 13.2 Å². The van der Waals surface area contributed by atoms with Gasteiger partial charge in [0.2, 0.25) is 15.9 Å². The van der Waals surface area contributed by atoms with Crippen molar-refractivity contribution >= 4 is 15.9 Å². The van der Waals surface area contributed by atoms with Gasteiger partial charge in [-0.3, -0.25) is 4.79 Å². The summed E-state index contributed by atoms with van der Waals surface area (Å²) >= 11 is 0. The minimum atomic E-state index is -3.71. The average molecular weight is 353 g/mol. The number of rotatable bonds is 5. The molecule has 1 fully saturated rings. The highest BCUT2D eigenvalue weighted by Gasteiger charge is 2.24. The molecule has 0 bridgehead atoms. The van der Waals surface area contributed by atoms with E-state index < -0.39 is 10.0 Å². The molecule has 3 rings (SSSR count). The zero-order valence-electron chi connectivity index (χ0n) is 13.7. The van der Waals surface area contributed by atoms with Crippen LogP contribution in [0.2, 0.25) is 0 Å². The molecule has 2 aliphatic heterocycles. The predicted octanol–water partition coefficient (Wildman–Crippen LogP) is 0.252. The first kappa shape index (κ1) is 17.3. The molecule has 0 aliphatic carbocycles. The third-order valence-corrected chi connectivity index (χ3v) is 5.93. The largest absolute Gasteiger partial charge is 0.372 e. The summed E-state index contributed by atoms with van der Waals surface area (Å²) in [5.41, 5.74) is 1.88. The summed E-state index contributed by atoms with van der Waals surface area (Å²) in [6.45, 7) is 3.63. The molecule has 3 N–H and O–H groups in total. The topological polar surface area (TPSA) is 96.5 Å². The molecule has 1 saturated heterocycles. The van der Waals surface area contributed by atoms with E-state index in [4.69, 9.17) is 4.74 Å². The lowest BCUT2D eigenvalue weighted by atomic mass is 10.00. The maximum absolute atomic E-state index is 12.3. The Hall–Kier alpha value is -1.48. The van der Waals surface area contributed by atoms with Crippen molar-refractivity contribution < 1.29 is 17.9 Å². The first-order valence-electron chi connectivity index (χ1n) is 8.18. The molecular weight excluding hydrogens is 330 g/mol. The monoisotopic (exact) mass is 353 g/mol. The second-order valence-electron chi connectivity index (χ2n) is 6.31. The number of fused-ring (bicyclic) bond motifs is 1. The number of nitrogens with one attached hydrogen (secondary N) is 3. The van der Waals surface area contributed by atoms with E-state index in [0.717, 1.165) is 30.5 Å². The molecule has 0 aromatic heterocycles. The second-order valence-corrected chi connectivity index (χ2v) is 8.07. The zero-order valence-corrected chi connectivity index (χ0v) is 14.5. The summed E-state index contributed by atoms with van der Waals surface area (Å²) in [7, 11) is -3.71. The number of carbonyl (C=O) groups excluding carboxylic acids is 1. The maximum Gasteiger partial charge on any atom is 0.241 e. The lowest BCUT2D eigenvalue weighted by Crippen LogP contribution is -2.53. The Bertz CT molecular complexity index is 720. The van der Waals surface area contributed by atoms with Crippen LogP contribution in [0.4, 0.5) is 0 Å². The molecule has 1 aromatic carbocycles. The van der Waals surface area contributed by atoms with Gasteiger partial charge in [-0.1, -0.05) is 6.07 Å². The van der Waals surface area contributed by atoms with Crippen LogP contribution in [0, 0.1) is 0 Å². The fourth-order valence-electron chi connectivity index (χ4n) is 3.06. The minimum absolute atomic E-state index is 0.0351. The van der Waals surface area contributed by atoms with Crippen molar-refractivity contribution in [2.24, 2.45) is 0 Å². The Morgan fingerprint density at radius 1 is 1.33 bits per heavy atom. The van der Waals surface area contributed by atoms with Crippen LogP contribution in [0.25, 0.3) is 0 Å². The molecule has 0 spiro atoms. The Balaban J connectivity index is 1.57. The number of benzene rings is 1. The number of sulfonamides is 1. The van der Waals surface area contributed by atoms with Crippen molar-refractivity contribution in [3.63, 3.8) is 0 Å². The molecule has 1 amide bonds. The van der Waals surface area contributed by atoms with E-state index in [1.54, 1.807) is 18.2 Å². The predicted molar refractivity (Wildman–Crippen MR) is 88.8 cm³/mol. The van der Waals surface area contributed by atoms with E-state index in [1.165, 1.54) is 0 Å². The number of hydrogen-bond acceptors (Lipinski definition) is 5. The highest BCUT2D eigenvalue weighted by atomic mass is 32.2. The summed E-state index contributed by atoms with van der Waals surface area (Å²) in [6, 6.07) is 5.13. The molecule has 132 valence electrons. The van der Waals surface area contributed by atoms with Gasteiger partial charge in [0.05, 0.1) is 24.7 Å². The Morgan fingerprint density at radius 2 is 2.12 bits per heavy atom. The van der Waals surface area contributed by atoms with Gasteiger partial charge in [0.25, 0.3) is 0 Å². The van der Waals surface area contributed by atoms with Gasteiger partial charge in [-0.25, -0.2) is 13.1 Å². The number of hydrogen-bond donors (Lipinski definition) is 3. The Labute approximate surface area is 142 Å². The normalized spacial score (nSPS) is 23.7. The van der Waals surface area contributed by atoms with Crippen LogP contribution >= 0.6 is 0 Å². The SMILES string of the molecule is CC1NCCCC1NC(=O)CNS(=O)(=O)c1ccc2c(c1)COC2.